The fraction of sp³-hybridized carbons (Fsp3) is 0.750. The molecular weight excluding hydrogens is 639 g/mol. The quantitative estimate of drug-likeness (QED) is 0.0300. The van der Waals surface area contributed by atoms with Gasteiger partial charge in [-0.2, -0.15) is 0 Å². The second-order valence-electron chi connectivity index (χ2n) is 12.7. The van der Waals surface area contributed by atoms with Crippen LogP contribution < -0.4 is 0 Å². The van der Waals surface area contributed by atoms with Crippen LogP contribution in [0.25, 0.3) is 0 Å². The first-order valence-corrected chi connectivity index (χ1v) is 20.8. The summed E-state index contributed by atoms with van der Waals surface area (Å²) in [5.74, 6) is -0.822. The number of phosphoric acid groups is 1. The van der Waals surface area contributed by atoms with Crippen molar-refractivity contribution in [1.29, 1.82) is 0 Å². The van der Waals surface area contributed by atoms with Gasteiger partial charge in [-0.3, -0.25) is 18.6 Å². The third-order valence-corrected chi connectivity index (χ3v) is 9.02. The van der Waals surface area contributed by atoms with E-state index < -0.39 is 26.5 Å². The molecule has 0 saturated carbocycles. The molecule has 0 spiro atoms. The van der Waals surface area contributed by atoms with E-state index in [0.717, 1.165) is 90.6 Å². The highest BCUT2D eigenvalue weighted by Crippen LogP contribution is 2.42. The van der Waals surface area contributed by atoms with Crippen LogP contribution in [-0.2, 0) is 32.7 Å². The zero-order chi connectivity index (χ0) is 36.1. The van der Waals surface area contributed by atoms with Crippen molar-refractivity contribution in [3.8, 4) is 0 Å². The maximum atomic E-state index is 12.5. The van der Waals surface area contributed by atoms with E-state index in [4.69, 9.17) is 14.0 Å². The normalized spacial score (nSPS) is 14.0. The molecule has 2 atom stereocenters. The van der Waals surface area contributed by atoms with Gasteiger partial charge in [0.15, 0.2) is 6.10 Å². The Morgan fingerprint density at radius 2 is 1.04 bits per heavy atom. The topological polar surface area (TPSA) is 108 Å². The van der Waals surface area contributed by atoms with Crippen LogP contribution in [0.1, 0.15) is 168 Å². The van der Waals surface area contributed by atoms with Crippen LogP contribution in [0, 0.1) is 0 Å². The van der Waals surface area contributed by atoms with Crippen LogP contribution in [0.2, 0.25) is 0 Å². The average molecular weight is 711 g/mol. The van der Waals surface area contributed by atoms with Gasteiger partial charge in [0, 0.05) is 20.0 Å². The smallest absolute Gasteiger partial charge is 0.462 e. The molecule has 9 heteroatoms. The molecule has 284 valence electrons. The zero-order valence-corrected chi connectivity index (χ0v) is 32.2. The lowest BCUT2D eigenvalue weighted by Crippen LogP contribution is -2.29. The minimum absolute atomic E-state index is 0.228. The predicted molar refractivity (Wildman–Crippen MR) is 202 cm³/mol. The zero-order valence-electron chi connectivity index (χ0n) is 31.3. The fourth-order valence-electron chi connectivity index (χ4n) is 5.12. The summed E-state index contributed by atoms with van der Waals surface area (Å²) in [6.45, 7) is 3.74. The molecular formula is C40H71O8P. The molecule has 49 heavy (non-hydrogen) atoms. The Bertz CT molecular complexity index is 943. The Morgan fingerprint density at radius 1 is 0.592 bits per heavy atom. The van der Waals surface area contributed by atoms with Gasteiger partial charge in [-0.05, 0) is 51.4 Å². The van der Waals surface area contributed by atoms with Crippen molar-refractivity contribution in [2.24, 2.45) is 0 Å². The lowest BCUT2D eigenvalue weighted by Gasteiger charge is -2.19. The SMILES string of the molecule is CC/C=C\C/C=C\C/C=C\C/C=C\CCCCCCCCC(=O)OC(COC(=O)CCCCCCCCCCCCC)COP(=O)(O)OC. The molecule has 0 radical (unpaired) electrons. The molecule has 0 amide bonds. The lowest BCUT2D eigenvalue weighted by atomic mass is 10.1. The van der Waals surface area contributed by atoms with Gasteiger partial charge in [-0.15, -0.1) is 0 Å². The van der Waals surface area contributed by atoms with Crippen LogP contribution in [0.4, 0.5) is 0 Å². The number of hydrogen-bond acceptors (Lipinski definition) is 7. The second-order valence-corrected chi connectivity index (χ2v) is 14.2. The first-order valence-electron chi connectivity index (χ1n) is 19.3. The summed E-state index contributed by atoms with van der Waals surface area (Å²) in [5.41, 5.74) is 0. The van der Waals surface area contributed by atoms with Crippen molar-refractivity contribution in [2.75, 3.05) is 20.3 Å². The van der Waals surface area contributed by atoms with Gasteiger partial charge >= 0.3 is 19.8 Å². The average Bonchev–Trinajstić information content (AvgIpc) is 3.09. The third kappa shape index (κ3) is 35.6. The van der Waals surface area contributed by atoms with Crippen LogP contribution >= 0.6 is 7.82 Å². The van der Waals surface area contributed by atoms with E-state index in [2.05, 4.69) is 67.0 Å². The largest absolute Gasteiger partial charge is 0.472 e. The molecule has 0 saturated heterocycles. The van der Waals surface area contributed by atoms with Gasteiger partial charge in [-0.25, -0.2) is 4.57 Å². The molecule has 0 aromatic carbocycles. The number of unbranched alkanes of at least 4 members (excludes halogenated alkanes) is 16. The van der Waals surface area contributed by atoms with Gasteiger partial charge in [-0.1, -0.05) is 152 Å². The highest BCUT2D eigenvalue weighted by molar-refractivity contribution is 7.47. The van der Waals surface area contributed by atoms with E-state index in [1.807, 2.05) is 0 Å². The summed E-state index contributed by atoms with van der Waals surface area (Å²) < 4.78 is 31.9. The van der Waals surface area contributed by atoms with Crippen molar-refractivity contribution in [3.05, 3.63) is 48.6 Å². The monoisotopic (exact) mass is 710 g/mol. The molecule has 0 heterocycles. The molecule has 0 aliphatic rings. The highest BCUT2D eigenvalue weighted by Gasteiger charge is 2.24. The van der Waals surface area contributed by atoms with Crippen molar-refractivity contribution in [2.45, 2.75) is 174 Å². The molecule has 0 rings (SSSR count). The van der Waals surface area contributed by atoms with Crippen LogP contribution in [0.15, 0.2) is 48.6 Å². The lowest BCUT2D eigenvalue weighted by molar-refractivity contribution is -0.161. The number of carbonyl (C=O) groups is 2. The van der Waals surface area contributed by atoms with Crippen molar-refractivity contribution < 1.29 is 37.6 Å². The number of esters is 2. The van der Waals surface area contributed by atoms with Gasteiger partial charge in [0.25, 0.3) is 0 Å². The summed E-state index contributed by atoms with van der Waals surface area (Å²) in [7, 11) is -3.20. The van der Waals surface area contributed by atoms with Crippen LogP contribution in [0.5, 0.6) is 0 Å². The molecule has 2 unspecified atom stereocenters. The fourth-order valence-corrected chi connectivity index (χ4v) is 5.58. The Balaban J connectivity index is 4.07. The van der Waals surface area contributed by atoms with Crippen molar-refractivity contribution in [3.63, 3.8) is 0 Å². The van der Waals surface area contributed by atoms with Gasteiger partial charge < -0.3 is 14.4 Å². The summed E-state index contributed by atoms with van der Waals surface area (Å²) in [4.78, 5) is 34.3. The molecule has 0 aliphatic carbocycles. The highest BCUT2D eigenvalue weighted by atomic mass is 31.2. The van der Waals surface area contributed by atoms with Crippen molar-refractivity contribution in [1.82, 2.24) is 0 Å². The van der Waals surface area contributed by atoms with Crippen molar-refractivity contribution >= 4 is 19.8 Å². The van der Waals surface area contributed by atoms with E-state index in [1.54, 1.807) is 0 Å². The molecule has 0 aliphatic heterocycles. The molecule has 0 aromatic heterocycles. The summed E-state index contributed by atoms with van der Waals surface area (Å²) >= 11 is 0. The molecule has 8 nitrogen and oxygen atoms in total. The Hall–Kier alpha value is -1.99. The number of phosphoric ester groups is 1. The summed E-state index contributed by atoms with van der Waals surface area (Å²) in [6, 6.07) is 0. The van der Waals surface area contributed by atoms with Gasteiger partial charge in [0.05, 0.1) is 6.61 Å². The third-order valence-electron chi connectivity index (χ3n) is 8.09. The molecule has 0 aromatic rings. The predicted octanol–water partition coefficient (Wildman–Crippen LogP) is 11.8. The molecule has 1 N–H and O–H groups in total. The standard InChI is InChI=1S/C40H71O8P/c1-4-6-8-10-12-14-16-17-18-19-20-21-22-23-25-27-29-31-33-35-40(42)48-38(37-47-49(43,44)45-3)36-46-39(41)34-32-30-28-26-24-15-13-11-9-7-5-2/h6,8,12,14,17-18,20-21,38H,4-5,7,9-11,13,15-16,19,22-37H2,1-3H3,(H,43,44)/b8-6-,14-12-,18-17-,21-20-. The second kappa shape index (κ2) is 35.8. The maximum absolute atomic E-state index is 12.5. The van der Waals surface area contributed by atoms with Gasteiger partial charge in [0.1, 0.15) is 6.61 Å². The number of hydrogen-bond donors (Lipinski definition) is 1. The Morgan fingerprint density at radius 3 is 1.55 bits per heavy atom. The number of allylic oxidation sites excluding steroid dienone is 8. The molecule has 0 bridgehead atoms. The summed E-state index contributed by atoms with van der Waals surface area (Å²) in [6.07, 6.45) is 41.6. The Labute approximate surface area is 299 Å². The van der Waals surface area contributed by atoms with Crippen LogP contribution in [0.3, 0.4) is 0 Å². The number of rotatable bonds is 35. The van der Waals surface area contributed by atoms with E-state index in [9.17, 15) is 19.0 Å². The Kier molecular flexibility index (Phi) is 34.4. The number of ether oxygens (including phenoxy) is 2. The minimum Gasteiger partial charge on any atom is -0.462 e. The van der Waals surface area contributed by atoms with Crippen LogP contribution in [-0.4, -0.2) is 43.3 Å². The minimum atomic E-state index is -4.26. The van der Waals surface area contributed by atoms with E-state index >= 15 is 0 Å². The van der Waals surface area contributed by atoms with E-state index in [1.165, 1.54) is 51.4 Å². The summed E-state index contributed by atoms with van der Waals surface area (Å²) in [5, 5.41) is 0. The van der Waals surface area contributed by atoms with E-state index in [-0.39, 0.29) is 19.0 Å². The van der Waals surface area contributed by atoms with Gasteiger partial charge in [0.2, 0.25) is 0 Å². The number of carbonyl (C=O) groups excluding carboxylic acids is 2. The first kappa shape index (κ1) is 47.0. The maximum Gasteiger partial charge on any atom is 0.472 e. The molecule has 0 fully saturated rings. The van der Waals surface area contributed by atoms with E-state index in [0.29, 0.717) is 12.8 Å². The first-order chi connectivity index (χ1) is 23.8.